The molecule has 106 valence electrons. The van der Waals surface area contributed by atoms with Crippen LogP contribution in [0.5, 0.6) is 0 Å². The number of nitrogens with one attached hydrogen (secondary N) is 2. The quantitative estimate of drug-likeness (QED) is 0.787. The summed E-state index contributed by atoms with van der Waals surface area (Å²) in [7, 11) is -3.50. The van der Waals surface area contributed by atoms with Crippen molar-refractivity contribution in [2.45, 2.75) is 31.6 Å². The Labute approximate surface area is 114 Å². The largest absolute Gasteiger partial charge is 0.355 e. The predicted octanol–water partition coefficient (Wildman–Crippen LogP) is 1.23. The Bertz CT molecular complexity index is 511. The summed E-state index contributed by atoms with van der Waals surface area (Å²) in [5.41, 5.74) is 0. The highest BCUT2D eigenvalue weighted by molar-refractivity contribution is 7.89. The van der Waals surface area contributed by atoms with Crippen LogP contribution >= 0.6 is 0 Å². The first-order valence-corrected chi connectivity index (χ1v) is 8.07. The molecule has 1 aliphatic rings. The molecule has 1 heterocycles. The zero-order chi connectivity index (χ0) is 13.9. The van der Waals surface area contributed by atoms with Gasteiger partial charge >= 0.3 is 0 Å². The normalized spacial score (nSPS) is 17.2. The lowest BCUT2D eigenvalue weighted by Crippen LogP contribution is -2.29. The summed E-state index contributed by atoms with van der Waals surface area (Å²) in [5, 5.41) is 2.92. The van der Waals surface area contributed by atoms with Crippen molar-refractivity contribution in [3.05, 3.63) is 12.4 Å². The Hall–Kier alpha value is -1.21. The van der Waals surface area contributed by atoms with Crippen LogP contribution in [-0.2, 0) is 10.0 Å². The van der Waals surface area contributed by atoms with Gasteiger partial charge in [0.2, 0.25) is 16.0 Å². The first-order valence-electron chi connectivity index (χ1n) is 6.58. The van der Waals surface area contributed by atoms with Crippen LogP contribution in [0.4, 0.5) is 5.95 Å². The molecule has 1 atom stereocenters. The monoisotopic (exact) mass is 284 g/mol. The van der Waals surface area contributed by atoms with E-state index in [2.05, 4.69) is 26.9 Å². The molecule has 2 N–H and O–H groups in total. The summed E-state index contributed by atoms with van der Waals surface area (Å²) >= 11 is 0. The Morgan fingerprint density at radius 2 is 2.00 bits per heavy atom. The molecule has 1 aromatic rings. The van der Waals surface area contributed by atoms with E-state index in [0.717, 1.165) is 0 Å². The number of sulfonamides is 1. The van der Waals surface area contributed by atoms with E-state index in [-0.39, 0.29) is 4.90 Å². The van der Waals surface area contributed by atoms with Crippen molar-refractivity contribution in [3.63, 3.8) is 0 Å². The molecule has 1 unspecified atom stereocenters. The second-order valence-corrected chi connectivity index (χ2v) is 6.71. The van der Waals surface area contributed by atoms with Crippen molar-refractivity contribution in [1.29, 1.82) is 0 Å². The van der Waals surface area contributed by atoms with E-state index in [4.69, 9.17) is 0 Å². The van der Waals surface area contributed by atoms with E-state index in [1.807, 2.05) is 6.92 Å². The molecule has 1 aromatic heterocycles. The van der Waals surface area contributed by atoms with E-state index >= 15 is 0 Å². The lowest BCUT2D eigenvalue weighted by molar-refractivity contribution is 0.491. The summed E-state index contributed by atoms with van der Waals surface area (Å²) in [6, 6.07) is 0. The van der Waals surface area contributed by atoms with Crippen LogP contribution in [0.1, 0.15) is 26.7 Å². The van der Waals surface area contributed by atoms with Crippen LogP contribution in [0, 0.1) is 11.8 Å². The van der Waals surface area contributed by atoms with Gasteiger partial charge in [-0.15, -0.1) is 0 Å². The molecule has 1 fully saturated rings. The molecule has 0 amide bonds. The topological polar surface area (TPSA) is 84.0 Å². The van der Waals surface area contributed by atoms with Gasteiger partial charge in [0.25, 0.3) is 0 Å². The molecule has 1 saturated carbocycles. The zero-order valence-electron chi connectivity index (χ0n) is 11.3. The molecule has 6 nitrogen and oxygen atoms in total. The summed E-state index contributed by atoms with van der Waals surface area (Å²) in [4.78, 5) is 8.04. The summed E-state index contributed by atoms with van der Waals surface area (Å²) < 4.78 is 26.7. The molecular formula is C12H20N4O2S. The average molecular weight is 284 g/mol. The number of rotatable bonds is 7. The van der Waals surface area contributed by atoms with Gasteiger partial charge in [0.1, 0.15) is 4.90 Å². The Kier molecular flexibility index (Phi) is 4.36. The fourth-order valence-electron chi connectivity index (χ4n) is 1.86. The molecule has 0 aliphatic heterocycles. The Balaban J connectivity index is 1.97. The van der Waals surface area contributed by atoms with Gasteiger partial charge in [-0.25, -0.2) is 23.1 Å². The van der Waals surface area contributed by atoms with Crippen LogP contribution in [0.3, 0.4) is 0 Å². The van der Waals surface area contributed by atoms with Crippen LogP contribution in [0.25, 0.3) is 0 Å². The van der Waals surface area contributed by atoms with E-state index in [1.165, 1.54) is 25.2 Å². The smallest absolute Gasteiger partial charge is 0.243 e. The maximum absolute atomic E-state index is 12.0. The minimum absolute atomic E-state index is 0.108. The van der Waals surface area contributed by atoms with Gasteiger partial charge in [0.05, 0.1) is 12.4 Å². The van der Waals surface area contributed by atoms with Crippen molar-refractivity contribution in [1.82, 2.24) is 14.7 Å². The molecule has 0 bridgehead atoms. The maximum atomic E-state index is 12.0. The highest BCUT2D eigenvalue weighted by atomic mass is 32.2. The fraction of sp³-hybridized carbons (Fsp3) is 0.667. The molecule has 0 saturated heterocycles. The van der Waals surface area contributed by atoms with E-state index in [1.54, 1.807) is 0 Å². The molecule has 2 rings (SSSR count). The predicted molar refractivity (Wildman–Crippen MR) is 73.3 cm³/mol. The number of hydrogen-bond acceptors (Lipinski definition) is 5. The number of hydrogen-bond donors (Lipinski definition) is 2. The molecule has 7 heteroatoms. The molecule has 1 aliphatic carbocycles. The minimum Gasteiger partial charge on any atom is -0.355 e. The number of aromatic nitrogens is 2. The Morgan fingerprint density at radius 3 is 2.53 bits per heavy atom. The van der Waals surface area contributed by atoms with Crippen molar-refractivity contribution in [2.75, 3.05) is 18.4 Å². The van der Waals surface area contributed by atoms with Gasteiger partial charge in [-0.1, -0.05) is 6.92 Å². The van der Waals surface area contributed by atoms with Crippen molar-refractivity contribution >= 4 is 16.0 Å². The van der Waals surface area contributed by atoms with Gasteiger partial charge in [0, 0.05) is 13.1 Å². The molecular weight excluding hydrogens is 264 g/mol. The summed E-state index contributed by atoms with van der Waals surface area (Å²) in [6.07, 6.45) is 5.08. The average Bonchev–Trinajstić information content (AvgIpc) is 3.21. The molecule has 0 radical (unpaired) electrons. The lowest BCUT2D eigenvalue weighted by Gasteiger charge is -2.11. The fourth-order valence-corrected chi connectivity index (χ4v) is 2.89. The first kappa shape index (κ1) is 14.2. The third kappa shape index (κ3) is 3.87. The first-order chi connectivity index (χ1) is 9.03. The molecule has 0 aromatic carbocycles. The summed E-state index contributed by atoms with van der Waals surface area (Å²) in [6.45, 7) is 5.17. The SMILES string of the molecule is CCNc1ncc(S(=O)(=O)NCC(C)C2CC2)cn1. The zero-order valence-corrected chi connectivity index (χ0v) is 12.1. The van der Waals surface area contributed by atoms with Crippen LogP contribution in [-0.4, -0.2) is 31.5 Å². The summed E-state index contributed by atoms with van der Waals surface area (Å²) in [5.74, 6) is 1.50. The van der Waals surface area contributed by atoms with Gasteiger partial charge in [-0.3, -0.25) is 0 Å². The third-order valence-corrected chi connectivity index (χ3v) is 4.67. The van der Waals surface area contributed by atoms with E-state index in [0.29, 0.717) is 30.9 Å². The van der Waals surface area contributed by atoms with E-state index < -0.39 is 10.0 Å². The molecule has 0 spiro atoms. The second kappa shape index (κ2) is 5.83. The van der Waals surface area contributed by atoms with Crippen molar-refractivity contribution in [3.8, 4) is 0 Å². The van der Waals surface area contributed by atoms with Gasteiger partial charge in [-0.2, -0.15) is 0 Å². The van der Waals surface area contributed by atoms with Crippen LogP contribution in [0.2, 0.25) is 0 Å². The highest BCUT2D eigenvalue weighted by Gasteiger charge is 2.28. The van der Waals surface area contributed by atoms with Gasteiger partial charge in [-0.05, 0) is 31.6 Å². The van der Waals surface area contributed by atoms with Gasteiger partial charge < -0.3 is 5.32 Å². The highest BCUT2D eigenvalue weighted by Crippen LogP contribution is 2.36. The van der Waals surface area contributed by atoms with Crippen molar-refractivity contribution in [2.24, 2.45) is 11.8 Å². The van der Waals surface area contributed by atoms with Crippen LogP contribution in [0.15, 0.2) is 17.3 Å². The Morgan fingerprint density at radius 1 is 1.37 bits per heavy atom. The third-order valence-electron chi connectivity index (χ3n) is 3.30. The standard InChI is InChI=1S/C12H20N4O2S/c1-3-13-12-14-7-11(8-15-12)19(17,18)16-6-9(2)10-4-5-10/h7-10,16H,3-6H2,1-2H3,(H,13,14,15). The maximum Gasteiger partial charge on any atom is 0.243 e. The van der Waals surface area contributed by atoms with E-state index in [9.17, 15) is 8.42 Å². The lowest BCUT2D eigenvalue weighted by atomic mass is 10.1. The number of nitrogens with zero attached hydrogens (tertiary/aromatic N) is 2. The number of anilines is 1. The van der Waals surface area contributed by atoms with Crippen molar-refractivity contribution < 1.29 is 8.42 Å². The van der Waals surface area contributed by atoms with Gasteiger partial charge in [0.15, 0.2) is 0 Å². The molecule has 19 heavy (non-hydrogen) atoms. The minimum atomic E-state index is -3.50. The van der Waals surface area contributed by atoms with Crippen LogP contribution < -0.4 is 10.0 Å². The second-order valence-electron chi connectivity index (χ2n) is 4.94.